The van der Waals surface area contributed by atoms with E-state index in [9.17, 15) is 23.5 Å². The Morgan fingerprint density at radius 2 is 1.79 bits per heavy atom. The van der Waals surface area contributed by atoms with Gasteiger partial charge in [0.1, 0.15) is 30.6 Å². The third kappa shape index (κ3) is 11.7. The number of benzene rings is 2. The van der Waals surface area contributed by atoms with Crippen LogP contribution in [-0.4, -0.2) is 66.0 Å². The summed E-state index contributed by atoms with van der Waals surface area (Å²) < 4.78 is 43.4. The van der Waals surface area contributed by atoms with E-state index in [-0.39, 0.29) is 31.7 Å². The lowest BCUT2D eigenvalue weighted by Gasteiger charge is -2.22. The van der Waals surface area contributed by atoms with Crippen molar-refractivity contribution >= 4 is 23.8 Å². The number of aliphatic carboxylic acids is 1. The summed E-state index contributed by atoms with van der Waals surface area (Å²) >= 11 is 1.76. The molecule has 7 nitrogen and oxygen atoms in total. The van der Waals surface area contributed by atoms with Gasteiger partial charge in [-0.2, -0.15) is 11.8 Å². The second-order valence-electron chi connectivity index (χ2n) is 8.58. The molecule has 2 aromatic carbocycles. The number of carbonyl (C=O) groups is 2. The Morgan fingerprint density at radius 1 is 1.03 bits per heavy atom. The largest absolute Gasteiger partial charge is 0.492 e. The minimum Gasteiger partial charge on any atom is -0.492 e. The topological polar surface area (TPSA) is 85.3 Å². The Balaban J connectivity index is 1.89. The number of nitrogens with zero attached hydrogens (tertiary/aromatic N) is 1. The zero-order valence-corrected chi connectivity index (χ0v) is 22.8. The normalized spacial score (nSPS) is 11.7. The van der Waals surface area contributed by atoms with Gasteiger partial charge < -0.3 is 24.2 Å². The van der Waals surface area contributed by atoms with Crippen molar-refractivity contribution in [2.45, 2.75) is 52.2 Å². The number of carbonyl (C=O) groups excluding carboxylic acids is 1. The minimum atomic E-state index is -1.01. The molecule has 0 aromatic heterocycles. The fraction of sp³-hybridized carbons (Fsp3) is 0.500. The van der Waals surface area contributed by atoms with Crippen LogP contribution in [0.15, 0.2) is 42.5 Å². The highest BCUT2D eigenvalue weighted by Crippen LogP contribution is 2.16. The molecule has 1 amide bonds. The van der Waals surface area contributed by atoms with Crippen LogP contribution in [0, 0.1) is 11.6 Å². The first kappa shape index (κ1) is 31.4. The second kappa shape index (κ2) is 17.6. The Bertz CT molecular complexity index is 992. The molecule has 0 aliphatic carbocycles. The van der Waals surface area contributed by atoms with Gasteiger partial charge in [-0.15, -0.1) is 0 Å². The van der Waals surface area contributed by atoms with Crippen LogP contribution in [-0.2, 0) is 27.3 Å². The van der Waals surface area contributed by atoms with E-state index >= 15 is 0 Å². The number of amides is 1. The highest BCUT2D eigenvalue weighted by atomic mass is 32.2. The second-order valence-corrected chi connectivity index (χ2v) is 9.80. The Labute approximate surface area is 227 Å². The monoisotopic (exact) mass is 553 g/mol. The lowest BCUT2D eigenvalue weighted by atomic mass is 10.1. The fourth-order valence-corrected chi connectivity index (χ4v) is 4.48. The van der Waals surface area contributed by atoms with Gasteiger partial charge in [-0.1, -0.05) is 31.9 Å². The van der Waals surface area contributed by atoms with Gasteiger partial charge in [0.2, 0.25) is 0 Å². The summed E-state index contributed by atoms with van der Waals surface area (Å²) in [7, 11) is 0. The Hall–Kier alpha value is -2.85. The van der Waals surface area contributed by atoms with E-state index in [0.717, 1.165) is 48.5 Å². The average molecular weight is 554 g/mol. The summed E-state index contributed by atoms with van der Waals surface area (Å²) in [5.41, 5.74) is 0.899. The van der Waals surface area contributed by atoms with Gasteiger partial charge in [0.25, 0.3) is 0 Å². The predicted octanol–water partition coefficient (Wildman–Crippen LogP) is 5.94. The van der Waals surface area contributed by atoms with E-state index in [2.05, 4.69) is 6.92 Å². The molecule has 0 heterocycles. The summed E-state index contributed by atoms with van der Waals surface area (Å²) in [5, 5.41) is 9.25. The van der Waals surface area contributed by atoms with E-state index < -0.39 is 29.8 Å². The van der Waals surface area contributed by atoms with Gasteiger partial charge in [0.05, 0.1) is 6.54 Å². The number of halogens is 2. The van der Waals surface area contributed by atoms with Crippen LogP contribution in [0.25, 0.3) is 0 Å². The molecule has 0 aliphatic heterocycles. The quantitative estimate of drug-likeness (QED) is 0.229. The van der Waals surface area contributed by atoms with Gasteiger partial charge in [-0.25, -0.2) is 18.4 Å². The van der Waals surface area contributed by atoms with E-state index in [1.54, 1.807) is 43.0 Å². The zero-order valence-electron chi connectivity index (χ0n) is 22.0. The lowest BCUT2D eigenvalue weighted by Crippen LogP contribution is -2.36. The summed E-state index contributed by atoms with van der Waals surface area (Å²) in [4.78, 5) is 25.5. The van der Waals surface area contributed by atoms with Gasteiger partial charge in [-0.05, 0) is 48.9 Å². The Kier molecular flexibility index (Phi) is 14.5. The van der Waals surface area contributed by atoms with Crippen molar-refractivity contribution < 1.29 is 37.7 Å². The van der Waals surface area contributed by atoms with Crippen molar-refractivity contribution in [3.8, 4) is 5.75 Å². The Morgan fingerprint density at radius 3 is 2.45 bits per heavy atom. The van der Waals surface area contributed by atoms with E-state index in [0.29, 0.717) is 18.9 Å². The van der Waals surface area contributed by atoms with E-state index in [1.807, 2.05) is 0 Å². The molecule has 0 aliphatic rings. The lowest BCUT2D eigenvalue weighted by molar-refractivity contribution is -0.149. The number of hydrogen-bond donors (Lipinski definition) is 1. The maximum atomic E-state index is 13.9. The van der Waals surface area contributed by atoms with Crippen molar-refractivity contribution in [1.82, 2.24) is 4.90 Å². The number of thioether (sulfide) groups is 1. The molecule has 38 heavy (non-hydrogen) atoms. The van der Waals surface area contributed by atoms with Crippen LogP contribution in [0.2, 0.25) is 0 Å². The van der Waals surface area contributed by atoms with Gasteiger partial charge >= 0.3 is 12.1 Å². The predicted molar refractivity (Wildman–Crippen MR) is 144 cm³/mol. The summed E-state index contributed by atoms with van der Waals surface area (Å²) in [5.74, 6) is -0.161. The van der Waals surface area contributed by atoms with Crippen LogP contribution in [0.5, 0.6) is 5.75 Å². The van der Waals surface area contributed by atoms with Crippen LogP contribution < -0.4 is 4.74 Å². The molecule has 1 atom stereocenters. The first-order chi connectivity index (χ1) is 18.3. The highest BCUT2D eigenvalue weighted by molar-refractivity contribution is 7.99. The van der Waals surface area contributed by atoms with Crippen molar-refractivity contribution in [2.24, 2.45) is 0 Å². The molecular weight excluding hydrogens is 516 g/mol. The maximum absolute atomic E-state index is 13.9. The minimum absolute atomic E-state index is 0.0967. The maximum Gasteiger partial charge on any atom is 0.410 e. The standard InChI is InChI=1S/C28H37F2NO6S/c1-3-5-6-16-38-17-14-31(28(34)37-20-22-9-10-23(29)19-25(22)30)13-15-36-24-11-7-21(8-12-24)18-26(27(32)33)35-4-2/h7-12,19,26H,3-6,13-18,20H2,1-2H3,(H,32,33). The van der Waals surface area contributed by atoms with Gasteiger partial charge in [0, 0.05) is 37.0 Å². The first-order valence-electron chi connectivity index (χ1n) is 12.8. The molecule has 1 unspecified atom stereocenters. The molecule has 2 rings (SSSR count). The molecule has 0 spiro atoms. The SMILES string of the molecule is CCCCCSCCN(CCOc1ccc(CC(OCC)C(=O)O)cc1)C(=O)OCc1ccc(F)cc1F. The van der Waals surface area contributed by atoms with Gasteiger partial charge in [-0.3, -0.25) is 0 Å². The van der Waals surface area contributed by atoms with Gasteiger partial charge in [0.15, 0.2) is 6.10 Å². The molecule has 0 saturated heterocycles. The molecule has 0 radical (unpaired) electrons. The number of carboxylic acids is 1. The fourth-order valence-electron chi connectivity index (χ4n) is 3.52. The van der Waals surface area contributed by atoms with Crippen molar-refractivity contribution in [2.75, 3.05) is 37.8 Å². The highest BCUT2D eigenvalue weighted by Gasteiger charge is 2.18. The first-order valence-corrected chi connectivity index (χ1v) is 14.0. The molecule has 2 aromatic rings. The average Bonchev–Trinajstić information content (AvgIpc) is 2.89. The molecule has 10 heteroatoms. The number of hydrogen-bond acceptors (Lipinski definition) is 6. The molecular formula is C28H37F2NO6S. The number of unbranched alkanes of at least 4 members (excludes halogenated alkanes) is 2. The van der Waals surface area contributed by atoms with Crippen molar-refractivity contribution in [3.63, 3.8) is 0 Å². The smallest absolute Gasteiger partial charge is 0.410 e. The molecule has 0 saturated carbocycles. The van der Waals surface area contributed by atoms with Crippen LogP contribution >= 0.6 is 11.8 Å². The number of carboxylic acid groups (broad SMARTS) is 1. The van der Waals surface area contributed by atoms with E-state index in [4.69, 9.17) is 14.2 Å². The molecule has 0 bridgehead atoms. The molecule has 1 N–H and O–H groups in total. The third-order valence-corrected chi connectivity index (χ3v) is 6.69. The van der Waals surface area contributed by atoms with Crippen molar-refractivity contribution in [1.29, 1.82) is 0 Å². The van der Waals surface area contributed by atoms with E-state index in [1.165, 1.54) is 11.0 Å². The van der Waals surface area contributed by atoms with Crippen LogP contribution in [0.4, 0.5) is 13.6 Å². The number of rotatable bonds is 18. The van der Waals surface area contributed by atoms with Crippen LogP contribution in [0.1, 0.15) is 44.2 Å². The molecule has 210 valence electrons. The summed E-state index contributed by atoms with van der Waals surface area (Å²) in [6.45, 7) is 4.81. The number of ether oxygens (including phenoxy) is 3. The van der Waals surface area contributed by atoms with Crippen LogP contribution in [0.3, 0.4) is 0 Å². The third-order valence-electron chi connectivity index (χ3n) is 5.64. The van der Waals surface area contributed by atoms with Crippen molar-refractivity contribution in [3.05, 3.63) is 65.2 Å². The zero-order chi connectivity index (χ0) is 27.8. The molecule has 0 fully saturated rings. The summed E-state index contributed by atoms with van der Waals surface area (Å²) in [6.07, 6.45) is 2.16. The summed E-state index contributed by atoms with van der Waals surface area (Å²) in [6, 6.07) is 10.2.